The zero-order chi connectivity index (χ0) is 18.6. The number of alkyl halides is 3. The molecule has 0 spiro atoms. The molecule has 0 aliphatic rings. The second-order valence-corrected chi connectivity index (χ2v) is 5.68. The van der Waals surface area contributed by atoms with Crippen molar-refractivity contribution in [3.8, 4) is 0 Å². The van der Waals surface area contributed by atoms with Crippen molar-refractivity contribution in [2.75, 3.05) is 17.3 Å². The SMILES string of the molecule is CN(Cc1ccccc1)c1nncc(Nc2ccc(C(F)(F)F)cc2)n1. The molecule has 0 bridgehead atoms. The van der Waals surface area contributed by atoms with Crippen LogP contribution in [0.2, 0.25) is 0 Å². The molecule has 1 aromatic heterocycles. The zero-order valence-corrected chi connectivity index (χ0v) is 13.9. The maximum absolute atomic E-state index is 12.6. The van der Waals surface area contributed by atoms with Crippen LogP contribution in [0, 0.1) is 0 Å². The fourth-order valence-electron chi connectivity index (χ4n) is 2.33. The third-order valence-electron chi connectivity index (χ3n) is 3.64. The molecular weight excluding hydrogens is 343 g/mol. The van der Waals surface area contributed by atoms with E-state index in [0.29, 0.717) is 24.0 Å². The van der Waals surface area contributed by atoms with E-state index in [1.807, 2.05) is 42.3 Å². The van der Waals surface area contributed by atoms with Crippen LogP contribution < -0.4 is 10.2 Å². The third kappa shape index (κ3) is 4.47. The Labute approximate surface area is 148 Å². The highest BCUT2D eigenvalue weighted by atomic mass is 19.4. The first-order chi connectivity index (χ1) is 12.4. The van der Waals surface area contributed by atoms with E-state index in [1.54, 1.807) is 0 Å². The van der Waals surface area contributed by atoms with E-state index in [2.05, 4.69) is 20.5 Å². The molecule has 26 heavy (non-hydrogen) atoms. The topological polar surface area (TPSA) is 53.9 Å². The van der Waals surface area contributed by atoms with Gasteiger partial charge in [0, 0.05) is 19.3 Å². The summed E-state index contributed by atoms with van der Waals surface area (Å²) in [5.74, 6) is 0.806. The summed E-state index contributed by atoms with van der Waals surface area (Å²) < 4.78 is 37.8. The summed E-state index contributed by atoms with van der Waals surface area (Å²) in [6, 6.07) is 14.5. The van der Waals surface area contributed by atoms with Crippen molar-refractivity contribution >= 4 is 17.5 Å². The molecule has 0 radical (unpaired) electrons. The lowest BCUT2D eigenvalue weighted by Crippen LogP contribution is -2.19. The minimum Gasteiger partial charge on any atom is -0.339 e. The Kier molecular flexibility index (Phi) is 5.01. The Morgan fingerprint density at radius 1 is 1.00 bits per heavy atom. The lowest BCUT2D eigenvalue weighted by atomic mass is 10.2. The van der Waals surface area contributed by atoms with E-state index in [-0.39, 0.29) is 0 Å². The van der Waals surface area contributed by atoms with E-state index in [4.69, 9.17) is 0 Å². The predicted octanol–water partition coefficient (Wildman–Crippen LogP) is 4.27. The number of aromatic nitrogens is 3. The fourth-order valence-corrected chi connectivity index (χ4v) is 2.33. The van der Waals surface area contributed by atoms with Crippen LogP contribution >= 0.6 is 0 Å². The predicted molar refractivity (Wildman–Crippen MR) is 93.1 cm³/mol. The van der Waals surface area contributed by atoms with Gasteiger partial charge in [0.15, 0.2) is 5.82 Å². The first-order valence-corrected chi connectivity index (χ1v) is 7.81. The minimum absolute atomic E-state index is 0.398. The molecule has 0 aliphatic carbocycles. The molecule has 0 amide bonds. The number of benzene rings is 2. The van der Waals surface area contributed by atoms with Crippen molar-refractivity contribution in [3.63, 3.8) is 0 Å². The van der Waals surface area contributed by atoms with Crippen LogP contribution in [-0.2, 0) is 12.7 Å². The smallest absolute Gasteiger partial charge is 0.339 e. The molecule has 2 aromatic carbocycles. The van der Waals surface area contributed by atoms with Crippen LogP contribution in [0.5, 0.6) is 0 Å². The summed E-state index contributed by atoms with van der Waals surface area (Å²) in [6.07, 6.45) is -2.94. The first-order valence-electron chi connectivity index (χ1n) is 7.81. The largest absolute Gasteiger partial charge is 0.416 e. The quantitative estimate of drug-likeness (QED) is 0.737. The van der Waals surface area contributed by atoms with E-state index in [9.17, 15) is 13.2 Å². The summed E-state index contributed by atoms with van der Waals surface area (Å²) >= 11 is 0. The number of rotatable bonds is 5. The Hall–Kier alpha value is -3.16. The fraction of sp³-hybridized carbons (Fsp3) is 0.167. The van der Waals surface area contributed by atoms with Gasteiger partial charge in [0.25, 0.3) is 0 Å². The van der Waals surface area contributed by atoms with Crippen molar-refractivity contribution in [1.82, 2.24) is 15.2 Å². The van der Waals surface area contributed by atoms with Gasteiger partial charge < -0.3 is 10.2 Å². The molecule has 1 N–H and O–H groups in total. The van der Waals surface area contributed by atoms with Gasteiger partial charge in [0.1, 0.15) is 0 Å². The molecule has 0 saturated carbocycles. The molecule has 8 heteroatoms. The van der Waals surface area contributed by atoms with Crippen LogP contribution in [0.4, 0.5) is 30.6 Å². The van der Waals surface area contributed by atoms with Crippen LogP contribution in [0.1, 0.15) is 11.1 Å². The van der Waals surface area contributed by atoms with Gasteiger partial charge in [-0.15, -0.1) is 5.10 Å². The molecule has 134 valence electrons. The molecule has 0 saturated heterocycles. The van der Waals surface area contributed by atoms with Crippen molar-refractivity contribution in [2.24, 2.45) is 0 Å². The van der Waals surface area contributed by atoms with Crippen LogP contribution in [0.3, 0.4) is 0 Å². The Morgan fingerprint density at radius 3 is 2.35 bits per heavy atom. The first kappa shape index (κ1) is 17.7. The van der Waals surface area contributed by atoms with Crippen LogP contribution in [0.25, 0.3) is 0 Å². The summed E-state index contributed by atoms with van der Waals surface area (Å²) in [5.41, 5.74) is 0.877. The van der Waals surface area contributed by atoms with Crippen LogP contribution in [0.15, 0.2) is 60.8 Å². The number of anilines is 3. The second-order valence-electron chi connectivity index (χ2n) is 5.68. The van der Waals surface area contributed by atoms with Gasteiger partial charge in [-0.3, -0.25) is 0 Å². The molecule has 0 fully saturated rings. The average Bonchev–Trinajstić information content (AvgIpc) is 2.62. The van der Waals surface area contributed by atoms with Gasteiger partial charge in [0.05, 0.1) is 11.8 Å². The highest BCUT2D eigenvalue weighted by molar-refractivity contribution is 5.56. The van der Waals surface area contributed by atoms with Gasteiger partial charge in [-0.05, 0) is 29.8 Å². The molecule has 3 aromatic rings. The Morgan fingerprint density at radius 2 is 1.69 bits per heavy atom. The van der Waals surface area contributed by atoms with E-state index >= 15 is 0 Å². The van der Waals surface area contributed by atoms with Crippen molar-refractivity contribution in [2.45, 2.75) is 12.7 Å². The normalized spacial score (nSPS) is 11.2. The number of nitrogens with zero attached hydrogens (tertiary/aromatic N) is 4. The van der Waals surface area contributed by atoms with Crippen molar-refractivity contribution < 1.29 is 13.2 Å². The summed E-state index contributed by atoms with van der Waals surface area (Å²) in [7, 11) is 1.84. The number of hydrogen-bond acceptors (Lipinski definition) is 5. The highest BCUT2D eigenvalue weighted by Gasteiger charge is 2.29. The summed E-state index contributed by atoms with van der Waals surface area (Å²) in [4.78, 5) is 6.19. The summed E-state index contributed by atoms with van der Waals surface area (Å²) in [5, 5.41) is 10.8. The van der Waals surface area contributed by atoms with E-state index in [1.165, 1.54) is 18.3 Å². The van der Waals surface area contributed by atoms with Crippen molar-refractivity contribution in [1.29, 1.82) is 0 Å². The van der Waals surface area contributed by atoms with E-state index < -0.39 is 11.7 Å². The molecular formula is C18H16F3N5. The van der Waals surface area contributed by atoms with Crippen LogP contribution in [-0.4, -0.2) is 22.2 Å². The number of halogens is 3. The maximum atomic E-state index is 12.6. The van der Waals surface area contributed by atoms with Gasteiger partial charge in [0.2, 0.25) is 5.95 Å². The van der Waals surface area contributed by atoms with E-state index in [0.717, 1.165) is 17.7 Å². The van der Waals surface area contributed by atoms with Gasteiger partial charge in [-0.25, -0.2) is 0 Å². The molecule has 3 rings (SSSR count). The van der Waals surface area contributed by atoms with Gasteiger partial charge in [-0.2, -0.15) is 23.3 Å². The summed E-state index contributed by atoms with van der Waals surface area (Å²) in [6.45, 7) is 0.603. The van der Waals surface area contributed by atoms with Crippen molar-refractivity contribution in [3.05, 3.63) is 71.9 Å². The Balaban J connectivity index is 1.71. The number of nitrogens with one attached hydrogen (secondary N) is 1. The third-order valence-corrected chi connectivity index (χ3v) is 3.64. The monoisotopic (exact) mass is 359 g/mol. The van der Waals surface area contributed by atoms with Gasteiger partial charge >= 0.3 is 6.18 Å². The maximum Gasteiger partial charge on any atom is 0.416 e. The number of hydrogen-bond donors (Lipinski definition) is 1. The zero-order valence-electron chi connectivity index (χ0n) is 13.9. The molecule has 0 unspecified atom stereocenters. The second kappa shape index (κ2) is 7.38. The average molecular weight is 359 g/mol. The highest BCUT2D eigenvalue weighted by Crippen LogP contribution is 2.30. The Bertz CT molecular complexity index is 851. The molecule has 0 atom stereocenters. The molecule has 5 nitrogen and oxygen atoms in total. The minimum atomic E-state index is -4.36. The van der Waals surface area contributed by atoms with Gasteiger partial charge in [-0.1, -0.05) is 30.3 Å². The molecule has 0 aliphatic heterocycles. The standard InChI is InChI=1S/C18H16F3N5/c1-26(12-13-5-3-2-4-6-13)17-24-16(11-22-25-17)23-15-9-7-14(8-10-15)18(19,20)21/h2-11H,12H2,1H3,(H,23,24,25). The lowest BCUT2D eigenvalue weighted by molar-refractivity contribution is -0.137. The molecule has 1 heterocycles. The lowest BCUT2D eigenvalue weighted by Gasteiger charge is -2.17.